The van der Waals surface area contributed by atoms with E-state index in [4.69, 9.17) is 26.3 Å². The molecule has 0 atom stereocenters. The van der Waals surface area contributed by atoms with E-state index < -0.39 is 5.91 Å². The number of methoxy groups -OCH3 is 1. The van der Waals surface area contributed by atoms with Crippen molar-refractivity contribution in [2.24, 2.45) is 0 Å². The van der Waals surface area contributed by atoms with Gasteiger partial charge >= 0.3 is 0 Å². The van der Waals surface area contributed by atoms with Crippen molar-refractivity contribution in [1.82, 2.24) is 5.32 Å². The number of carbonyl (C=O) groups is 1. The molecule has 7 heteroatoms. The SMILES string of the molecule is CCOCCCN/C=C(/C#N)C(=O)Nc1ccc(OC)c(Cl)c1. The third-order valence-corrected chi connectivity index (χ3v) is 3.13. The molecule has 0 spiro atoms. The van der Waals surface area contributed by atoms with E-state index in [1.54, 1.807) is 18.2 Å². The summed E-state index contributed by atoms with van der Waals surface area (Å²) in [5.74, 6) is 0.00252. The normalized spacial score (nSPS) is 10.8. The summed E-state index contributed by atoms with van der Waals surface area (Å²) in [6.07, 6.45) is 2.19. The monoisotopic (exact) mass is 337 g/mol. The number of anilines is 1. The van der Waals surface area contributed by atoms with Crippen LogP contribution >= 0.6 is 11.6 Å². The zero-order chi connectivity index (χ0) is 17.1. The third-order valence-electron chi connectivity index (χ3n) is 2.84. The van der Waals surface area contributed by atoms with Crippen LogP contribution in [0.3, 0.4) is 0 Å². The molecule has 6 nitrogen and oxygen atoms in total. The van der Waals surface area contributed by atoms with E-state index in [1.807, 2.05) is 13.0 Å². The maximum atomic E-state index is 12.0. The van der Waals surface area contributed by atoms with Crippen LogP contribution in [0.15, 0.2) is 30.0 Å². The molecule has 0 aliphatic rings. The third kappa shape index (κ3) is 6.59. The summed E-state index contributed by atoms with van der Waals surface area (Å²) >= 11 is 5.99. The van der Waals surface area contributed by atoms with Crippen molar-refractivity contribution in [3.05, 3.63) is 35.0 Å². The number of rotatable bonds is 9. The number of carbonyl (C=O) groups excluding carboxylic acids is 1. The van der Waals surface area contributed by atoms with Gasteiger partial charge in [0.15, 0.2) is 0 Å². The Hall–Kier alpha value is -2.23. The molecule has 0 heterocycles. The highest BCUT2D eigenvalue weighted by Gasteiger charge is 2.10. The first-order chi connectivity index (χ1) is 11.1. The Morgan fingerprint density at radius 2 is 2.26 bits per heavy atom. The predicted molar refractivity (Wildman–Crippen MR) is 89.4 cm³/mol. The van der Waals surface area contributed by atoms with E-state index in [-0.39, 0.29) is 5.57 Å². The smallest absolute Gasteiger partial charge is 0.267 e. The van der Waals surface area contributed by atoms with Gasteiger partial charge in [-0.05, 0) is 31.5 Å². The molecule has 0 saturated carbocycles. The van der Waals surface area contributed by atoms with Gasteiger partial charge in [-0.25, -0.2) is 0 Å². The second-order valence-electron chi connectivity index (χ2n) is 4.48. The largest absolute Gasteiger partial charge is 0.495 e. The van der Waals surface area contributed by atoms with Crippen molar-refractivity contribution >= 4 is 23.2 Å². The highest BCUT2D eigenvalue weighted by atomic mass is 35.5. The molecule has 1 rings (SSSR count). The molecule has 0 aliphatic carbocycles. The molecule has 124 valence electrons. The first kappa shape index (κ1) is 18.8. The lowest BCUT2D eigenvalue weighted by molar-refractivity contribution is -0.112. The molecule has 23 heavy (non-hydrogen) atoms. The van der Waals surface area contributed by atoms with Crippen LogP contribution in [0, 0.1) is 11.3 Å². The van der Waals surface area contributed by atoms with Crippen molar-refractivity contribution in [1.29, 1.82) is 5.26 Å². The Balaban J connectivity index is 2.56. The van der Waals surface area contributed by atoms with Crippen LogP contribution in [0.2, 0.25) is 5.02 Å². The van der Waals surface area contributed by atoms with E-state index in [0.717, 1.165) is 6.42 Å². The Labute approximate surface area is 141 Å². The summed E-state index contributed by atoms with van der Waals surface area (Å²) in [6, 6.07) is 6.70. The zero-order valence-electron chi connectivity index (χ0n) is 13.2. The summed E-state index contributed by atoms with van der Waals surface area (Å²) in [5, 5.41) is 15.0. The molecule has 0 radical (unpaired) electrons. The fourth-order valence-corrected chi connectivity index (χ4v) is 1.94. The molecular weight excluding hydrogens is 318 g/mol. The molecule has 0 saturated heterocycles. The molecule has 2 N–H and O–H groups in total. The number of nitriles is 1. The number of nitrogens with zero attached hydrogens (tertiary/aromatic N) is 1. The number of ether oxygens (including phenoxy) is 2. The Bertz CT molecular complexity index is 597. The molecule has 1 aromatic rings. The zero-order valence-corrected chi connectivity index (χ0v) is 13.9. The topological polar surface area (TPSA) is 83.4 Å². The van der Waals surface area contributed by atoms with Gasteiger partial charge in [0.1, 0.15) is 17.4 Å². The van der Waals surface area contributed by atoms with Crippen LogP contribution in [-0.4, -0.2) is 32.8 Å². The maximum Gasteiger partial charge on any atom is 0.267 e. The van der Waals surface area contributed by atoms with E-state index >= 15 is 0 Å². The summed E-state index contributed by atoms with van der Waals surface area (Å²) < 4.78 is 10.2. The number of halogens is 1. The molecule has 0 fully saturated rings. The quantitative estimate of drug-likeness (QED) is 0.411. The molecule has 1 amide bonds. The van der Waals surface area contributed by atoms with Gasteiger partial charge in [-0.1, -0.05) is 11.6 Å². The second kappa shape index (κ2) is 10.5. The van der Waals surface area contributed by atoms with Crippen LogP contribution in [0.25, 0.3) is 0 Å². The fraction of sp³-hybridized carbons (Fsp3) is 0.375. The number of amides is 1. The molecule has 0 aromatic heterocycles. The van der Waals surface area contributed by atoms with Crippen molar-refractivity contribution in [3.8, 4) is 11.8 Å². The first-order valence-electron chi connectivity index (χ1n) is 7.18. The van der Waals surface area contributed by atoms with Crippen LogP contribution in [0.1, 0.15) is 13.3 Å². The van der Waals surface area contributed by atoms with E-state index in [9.17, 15) is 4.79 Å². The molecular formula is C16H20ClN3O3. The highest BCUT2D eigenvalue weighted by molar-refractivity contribution is 6.32. The van der Waals surface area contributed by atoms with Gasteiger partial charge in [0.25, 0.3) is 5.91 Å². The maximum absolute atomic E-state index is 12.0. The van der Waals surface area contributed by atoms with E-state index in [1.165, 1.54) is 13.3 Å². The van der Waals surface area contributed by atoms with Gasteiger partial charge < -0.3 is 20.1 Å². The highest BCUT2D eigenvalue weighted by Crippen LogP contribution is 2.27. The number of hydrogen-bond acceptors (Lipinski definition) is 5. The lowest BCUT2D eigenvalue weighted by atomic mass is 10.2. The summed E-state index contributed by atoms with van der Waals surface area (Å²) in [6.45, 7) is 3.85. The fourth-order valence-electron chi connectivity index (χ4n) is 1.69. The van der Waals surface area contributed by atoms with Gasteiger partial charge in [-0.2, -0.15) is 5.26 Å². The lowest BCUT2D eigenvalue weighted by Crippen LogP contribution is -2.17. The second-order valence-corrected chi connectivity index (χ2v) is 4.89. The van der Waals surface area contributed by atoms with Crippen molar-refractivity contribution in [2.75, 3.05) is 32.2 Å². The Kier molecular flexibility index (Phi) is 8.58. The number of benzene rings is 1. The van der Waals surface area contributed by atoms with Crippen molar-refractivity contribution < 1.29 is 14.3 Å². The molecule has 0 bridgehead atoms. The van der Waals surface area contributed by atoms with Gasteiger partial charge in [-0.3, -0.25) is 4.79 Å². The average Bonchev–Trinajstić information content (AvgIpc) is 2.54. The number of nitrogens with one attached hydrogen (secondary N) is 2. The predicted octanol–water partition coefficient (Wildman–Crippen LogP) is 2.71. The molecule has 0 aliphatic heterocycles. The first-order valence-corrected chi connectivity index (χ1v) is 7.56. The van der Waals surface area contributed by atoms with Crippen LogP contribution in [0.4, 0.5) is 5.69 Å². The summed E-state index contributed by atoms with van der Waals surface area (Å²) in [4.78, 5) is 12.0. The minimum atomic E-state index is -0.508. The van der Waals surface area contributed by atoms with Crippen molar-refractivity contribution in [2.45, 2.75) is 13.3 Å². The Morgan fingerprint density at radius 3 is 2.87 bits per heavy atom. The minimum absolute atomic E-state index is 0.0200. The average molecular weight is 338 g/mol. The van der Waals surface area contributed by atoms with E-state index in [0.29, 0.717) is 36.2 Å². The van der Waals surface area contributed by atoms with Crippen LogP contribution in [0.5, 0.6) is 5.75 Å². The van der Waals surface area contributed by atoms with Gasteiger partial charge in [-0.15, -0.1) is 0 Å². The van der Waals surface area contributed by atoms with E-state index in [2.05, 4.69) is 10.6 Å². The molecule has 0 unspecified atom stereocenters. The van der Waals surface area contributed by atoms with Crippen molar-refractivity contribution in [3.63, 3.8) is 0 Å². The summed E-state index contributed by atoms with van der Waals surface area (Å²) in [5.41, 5.74) is 0.464. The summed E-state index contributed by atoms with van der Waals surface area (Å²) in [7, 11) is 1.51. The standard InChI is InChI=1S/C16H20ClN3O3/c1-3-23-8-4-7-19-11-12(10-18)16(21)20-13-5-6-15(22-2)14(17)9-13/h5-6,9,11,19H,3-4,7-8H2,1-2H3,(H,20,21)/b12-11-. The lowest BCUT2D eigenvalue weighted by Gasteiger charge is -2.08. The van der Waals surface area contributed by atoms with Gasteiger partial charge in [0.2, 0.25) is 0 Å². The van der Waals surface area contributed by atoms with Crippen LogP contribution in [-0.2, 0) is 9.53 Å². The minimum Gasteiger partial charge on any atom is -0.495 e. The Morgan fingerprint density at radius 1 is 1.48 bits per heavy atom. The van der Waals surface area contributed by atoms with Gasteiger partial charge in [0.05, 0.1) is 12.1 Å². The molecule has 1 aromatic carbocycles. The van der Waals surface area contributed by atoms with Crippen LogP contribution < -0.4 is 15.4 Å². The van der Waals surface area contributed by atoms with Gasteiger partial charge in [0, 0.05) is 31.6 Å². The number of hydrogen-bond donors (Lipinski definition) is 2.